The molecular formula is C26H32AsN3O2. The number of carbonyl (C=O) groups excluding carboxylic acids is 2. The van der Waals surface area contributed by atoms with Crippen molar-refractivity contribution in [2.75, 3.05) is 0 Å². The number of nitrogens with zero attached hydrogens (tertiary/aromatic N) is 1. The SMILES string of the molecule is N#Cc1ccc(CNC(=O)[C@H](Cc2ccccc2)NC(=O)[C@H]([AsH2])CC2CCCCC2)cc1. The normalized spacial score (nSPS) is 15.9. The third kappa shape index (κ3) is 7.53. The molecule has 2 N–H and O–H groups in total. The molecule has 1 unspecified atom stereocenters. The average molecular weight is 493 g/mol. The van der Waals surface area contributed by atoms with Crippen LogP contribution in [0.25, 0.3) is 0 Å². The van der Waals surface area contributed by atoms with E-state index in [1.807, 2.05) is 42.5 Å². The van der Waals surface area contributed by atoms with E-state index in [-0.39, 0.29) is 16.5 Å². The molecule has 168 valence electrons. The van der Waals surface area contributed by atoms with Crippen LogP contribution in [0, 0.1) is 17.2 Å². The van der Waals surface area contributed by atoms with Gasteiger partial charge in [0.2, 0.25) is 0 Å². The number of benzene rings is 2. The van der Waals surface area contributed by atoms with Gasteiger partial charge >= 0.3 is 194 Å². The van der Waals surface area contributed by atoms with Crippen LogP contribution in [0.5, 0.6) is 0 Å². The second kappa shape index (κ2) is 12.5. The molecule has 1 aliphatic carbocycles. The standard InChI is InChI=1S/C26H32AsN3O2/c27-23(15-19-7-3-1-4-8-19)25(31)30-24(16-20-9-5-2-6-10-20)26(32)29-18-22-13-11-21(17-28)12-14-22/h2,5-6,9-14,19,23-24H,1,3-4,7-8,15-16,18,27H2,(H,29,32)(H,30,31)/t23-,24+/m1/s1. The summed E-state index contributed by atoms with van der Waals surface area (Å²) >= 11 is 1.44. The molecular weight excluding hydrogens is 461 g/mol. The summed E-state index contributed by atoms with van der Waals surface area (Å²) < 4.78 is -0.0461. The number of hydrogen-bond acceptors (Lipinski definition) is 3. The van der Waals surface area contributed by atoms with Crippen LogP contribution in [0.2, 0.25) is 4.71 Å². The first-order valence-corrected chi connectivity index (χ1v) is 12.8. The van der Waals surface area contributed by atoms with Gasteiger partial charge in [-0.1, -0.05) is 0 Å². The summed E-state index contributed by atoms with van der Waals surface area (Å²) in [6.45, 7) is 0.354. The number of nitrogens with one attached hydrogen (secondary N) is 2. The molecule has 2 aromatic carbocycles. The Hall–Kier alpha value is -2.57. The van der Waals surface area contributed by atoms with Crippen molar-refractivity contribution in [3.8, 4) is 6.07 Å². The molecule has 0 spiro atoms. The van der Waals surface area contributed by atoms with Gasteiger partial charge < -0.3 is 0 Å². The fraction of sp³-hybridized carbons (Fsp3) is 0.423. The molecule has 0 aromatic heterocycles. The fourth-order valence-corrected chi connectivity index (χ4v) is 5.25. The first-order valence-electron chi connectivity index (χ1n) is 11.4. The van der Waals surface area contributed by atoms with Crippen molar-refractivity contribution in [3.63, 3.8) is 0 Å². The van der Waals surface area contributed by atoms with Gasteiger partial charge in [0.1, 0.15) is 0 Å². The maximum absolute atomic E-state index is 13.0. The van der Waals surface area contributed by atoms with E-state index in [1.165, 1.54) is 49.0 Å². The van der Waals surface area contributed by atoms with Gasteiger partial charge in [-0.25, -0.2) is 0 Å². The van der Waals surface area contributed by atoms with E-state index in [9.17, 15) is 9.59 Å². The van der Waals surface area contributed by atoms with Gasteiger partial charge in [-0.2, -0.15) is 5.26 Å². The molecule has 32 heavy (non-hydrogen) atoms. The Morgan fingerprint density at radius 2 is 1.66 bits per heavy atom. The van der Waals surface area contributed by atoms with Crippen molar-refractivity contribution < 1.29 is 9.59 Å². The zero-order chi connectivity index (χ0) is 22.8. The fourth-order valence-electron chi connectivity index (χ4n) is 4.24. The van der Waals surface area contributed by atoms with E-state index in [0.717, 1.165) is 17.5 Å². The van der Waals surface area contributed by atoms with E-state index in [4.69, 9.17) is 5.26 Å². The minimum atomic E-state index is -0.618. The Kier molecular flexibility index (Phi) is 9.38. The Labute approximate surface area is 199 Å². The van der Waals surface area contributed by atoms with Crippen molar-refractivity contribution in [3.05, 3.63) is 71.3 Å². The molecule has 1 fully saturated rings. The summed E-state index contributed by atoms with van der Waals surface area (Å²) in [7, 11) is 0. The zero-order valence-electron chi connectivity index (χ0n) is 18.4. The Morgan fingerprint density at radius 3 is 2.31 bits per heavy atom. The molecule has 0 aliphatic heterocycles. The molecule has 1 saturated carbocycles. The van der Waals surface area contributed by atoms with Crippen LogP contribution in [-0.2, 0) is 22.6 Å². The van der Waals surface area contributed by atoms with Gasteiger partial charge in [-0.15, -0.1) is 0 Å². The minimum absolute atomic E-state index is 0.0231. The molecule has 5 nitrogen and oxygen atoms in total. The number of amides is 2. The number of nitriles is 1. The topological polar surface area (TPSA) is 82.0 Å². The average Bonchev–Trinajstić information content (AvgIpc) is 2.83. The van der Waals surface area contributed by atoms with Crippen LogP contribution in [0.15, 0.2) is 54.6 Å². The second-order valence-electron chi connectivity index (χ2n) is 8.62. The van der Waals surface area contributed by atoms with Crippen LogP contribution in [0.1, 0.15) is 55.2 Å². The molecule has 2 aromatic rings. The van der Waals surface area contributed by atoms with Gasteiger partial charge in [-0.3, -0.25) is 0 Å². The Balaban J connectivity index is 1.61. The first-order chi connectivity index (χ1) is 15.5. The van der Waals surface area contributed by atoms with Gasteiger partial charge in [0.05, 0.1) is 0 Å². The summed E-state index contributed by atoms with van der Waals surface area (Å²) in [6, 6.07) is 18.4. The zero-order valence-corrected chi connectivity index (χ0v) is 20.8. The van der Waals surface area contributed by atoms with Gasteiger partial charge in [0, 0.05) is 0 Å². The molecule has 3 atom stereocenters. The summed E-state index contributed by atoms with van der Waals surface area (Å²) in [5.41, 5.74) is 2.51. The molecule has 1 aliphatic rings. The molecule has 0 bridgehead atoms. The van der Waals surface area contributed by atoms with Crippen molar-refractivity contribution in [1.29, 1.82) is 5.26 Å². The summed E-state index contributed by atoms with van der Waals surface area (Å²) in [4.78, 5) is 26.0. The number of hydrogen-bond donors (Lipinski definition) is 2. The Bertz CT molecular complexity index is 918. The van der Waals surface area contributed by atoms with Crippen LogP contribution in [0.3, 0.4) is 0 Å². The molecule has 3 rings (SSSR count). The van der Waals surface area contributed by atoms with E-state index in [0.29, 0.717) is 24.4 Å². The second-order valence-corrected chi connectivity index (χ2v) is 10.3. The predicted octanol–water partition coefficient (Wildman–Crippen LogP) is 3.29. The van der Waals surface area contributed by atoms with Crippen LogP contribution in [-0.4, -0.2) is 34.7 Å². The number of carbonyl (C=O) groups is 2. The van der Waals surface area contributed by atoms with Gasteiger partial charge in [0.15, 0.2) is 0 Å². The van der Waals surface area contributed by atoms with Crippen molar-refractivity contribution in [1.82, 2.24) is 10.6 Å². The summed E-state index contributed by atoms with van der Waals surface area (Å²) in [6.07, 6.45) is 7.63. The number of rotatable bonds is 9. The molecule has 0 saturated heterocycles. The molecule has 6 heteroatoms. The van der Waals surface area contributed by atoms with E-state index in [1.54, 1.807) is 12.1 Å². The first kappa shape index (κ1) is 24.1. The third-order valence-corrected chi connectivity index (χ3v) is 7.32. The van der Waals surface area contributed by atoms with Crippen LogP contribution in [0.4, 0.5) is 0 Å². The van der Waals surface area contributed by atoms with E-state index >= 15 is 0 Å². The maximum atomic E-state index is 13.0. The monoisotopic (exact) mass is 493 g/mol. The molecule has 2 amide bonds. The van der Waals surface area contributed by atoms with Crippen molar-refractivity contribution in [2.45, 2.75) is 62.2 Å². The van der Waals surface area contributed by atoms with Gasteiger partial charge in [-0.05, 0) is 0 Å². The predicted molar refractivity (Wildman–Crippen MR) is 129 cm³/mol. The van der Waals surface area contributed by atoms with Crippen molar-refractivity contribution >= 4 is 28.7 Å². The van der Waals surface area contributed by atoms with Crippen LogP contribution >= 0.6 is 0 Å². The molecule has 0 radical (unpaired) electrons. The van der Waals surface area contributed by atoms with E-state index in [2.05, 4.69) is 16.7 Å². The summed E-state index contributed by atoms with van der Waals surface area (Å²) in [5, 5.41) is 14.9. The third-order valence-electron chi connectivity index (χ3n) is 6.11. The van der Waals surface area contributed by atoms with E-state index < -0.39 is 6.04 Å². The van der Waals surface area contributed by atoms with Crippen molar-refractivity contribution in [2.24, 2.45) is 5.92 Å². The summed E-state index contributed by atoms with van der Waals surface area (Å²) in [5.74, 6) is 0.415. The Morgan fingerprint density at radius 1 is 0.969 bits per heavy atom. The van der Waals surface area contributed by atoms with Gasteiger partial charge in [0.25, 0.3) is 0 Å². The molecule has 0 heterocycles. The van der Waals surface area contributed by atoms with Crippen LogP contribution < -0.4 is 10.6 Å². The quantitative estimate of drug-likeness (QED) is 0.526.